The number of carbonyl (C=O) groups excluding carboxylic acids is 1. The molecule has 0 spiro atoms. The number of hydrogen-bond acceptors (Lipinski definition) is 5. The second-order valence-electron chi connectivity index (χ2n) is 4.93. The molecule has 8 heteroatoms. The Hall–Kier alpha value is -2.48. The number of amides is 1. The molecule has 21 heavy (non-hydrogen) atoms. The molecule has 1 amide bonds. The third-order valence-electron chi connectivity index (χ3n) is 3.48. The summed E-state index contributed by atoms with van der Waals surface area (Å²) in [6.45, 7) is 1.35. The third kappa shape index (κ3) is 2.70. The zero-order valence-corrected chi connectivity index (χ0v) is 11.2. The summed E-state index contributed by atoms with van der Waals surface area (Å²) in [5.74, 6) is -2.00. The number of hydrogen-bond donors (Lipinski definition) is 2. The highest BCUT2D eigenvalue weighted by atomic mass is 16.6. The molecule has 1 aromatic rings. The van der Waals surface area contributed by atoms with Gasteiger partial charge in [-0.15, -0.1) is 0 Å². The van der Waals surface area contributed by atoms with Gasteiger partial charge in [-0.1, -0.05) is 12.1 Å². The van der Waals surface area contributed by atoms with Crippen molar-refractivity contribution in [3.8, 4) is 0 Å². The number of β-amino-alcohol motifs (C(OH)–C–C–N with tert-alkyl or cyclic N) is 1. The van der Waals surface area contributed by atoms with Crippen molar-refractivity contribution in [1.82, 2.24) is 4.90 Å². The fraction of sp³-hybridized carbons (Fsp3) is 0.385. The van der Waals surface area contributed by atoms with Crippen molar-refractivity contribution in [3.63, 3.8) is 0 Å². The maximum atomic E-state index is 12.4. The number of carbonyl (C=O) groups is 2. The molecule has 0 bridgehead atoms. The van der Waals surface area contributed by atoms with Crippen LogP contribution >= 0.6 is 0 Å². The Balaban J connectivity index is 2.43. The van der Waals surface area contributed by atoms with Crippen LogP contribution in [0.3, 0.4) is 0 Å². The van der Waals surface area contributed by atoms with Crippen LogP contribution < -0.4 is 0 Å². The van der Waals surface area contributed by atoms with Crippen LogP contribution in [0.2, 0.25) is 0 Å². The van der Waals surface area contributed by atoms with Crippen molar-refractivity contribution in [1.29, 1.82) is 0 Å². The van der Waals surface area contributed by atoms with Crippen LogP contribution in [0.5, 0.6) is 0 Å². The van der Waals surface area contributed by atoms with Crippen molar-refractivity contribution < 1.29 is 24.7 Å². The van der Waals surface area contributed by atoms with Gasteiger partial charge in [0.15, 0.2) is 0 Å². The van der Waals surface area contributed by atoms with Crippen molar-refractivity contribution >= 4 is 17.6 Å². The molecule has 0 radical (unpaired) electrons. The summed E-state index contributed by atoms with van der Waals surface area (Å²) in [4.78, 5) is 35.0. The van der Waals surface area contributed by atoms with E-state index in [1.165, 1.54) is 25.1 Å². The second-order valence-corrected chi connectivity index (χ2v) is 4.93. The standard InChI is InChI=1S/C13H14N2O6/c1-7-3-2-4-9(11(7)15(20)21)12(17)14-6-8(16)5-10(14)13(18)19/h2-4,8,10,16H,5-6H2,1H3,(H,18,19)/t8-,10-/m0/s1. The number of aryl methyl sites for hydroxylation is 1. The van der Waals surface area contributed by atoms with Crippen LogP contribution in [0.1, 0.15) is 22.3 Å². The first-order valence-electron chi connectivity index (χ1n) is 6.28. The van der Waals surface area contributed by atoms with E-state index in [1.807, 2.05) is 0 Å². The Bertz CT molecular complexity index is 615. The molecule has 2 rings (SSSR count). The van der Waals surface area contributed by atoms with Gasteiger partial charge in [-0.25, -0.2) is 4.79 Å². The molecule has 0 unspecified atom stereocenters. The van der Waals surface area contributed by atoms with Gasteiger partial charge >= 0.3 is 5.97 Å². The third-order valence-corrected chi connectivity index (χ3v) is 3.48. The van der Waals surface area contributed by atoms with Crippen LogP contribution in [0, 0.1) is 17.0 Å². The van der Waals surface area contributed by atoms with Crippen LogP contribution in [0.15, 0.2) is 18.2 Å². The van der Waals surface area contributed by atoms with Crippen molar-refractivity contribution in [3.05, 3.63) is 39.4 Å². The predicted molar refractivity (Wildman–Crippen MR) is 70.9 cm³/mol. The minimum Gasteiger partial charge on any atom is -0.480 e. The molecule has 1 aliphatic rings. The minimum atomic E-state index is -1.24. The molecule has 0 saturated carbocycles. The summed E-state index contributed by atoms with van der Waals surface area (Å²) in [5.41, 5.74) is -0.189. The van der Waals surface area contributed by atoms with Gasteiger partial charge in [0, 0.05) is 18.5 Å². The molecule has 1 aromatic carbocycles. The van der Waals surface area contributed by atoms with Gasteiger partial charge in [-0.05, 0) is 13.0 Å². The topological polar surface area (TPSA) is 121 Å². The lowest BCUT2D eigenvalue weighted by Gasteiger charge is -2.21. The molecular weight excluding hydrogens is 280 g/mol. The molecule has 0 aromatic heterocycles. The Morgan fingerprint density at radius 1 is 1.43 bits per heavy atom. The van der Waals surface area contributed by atoms with Crippen molar-refractivity contribution in [2.45, 2.75) is 25.5 Å². The smallest absolute Gasteiger partial charge is 0.326 e. The molecule has 112 valence electrons. The molecule has 0 aliphatic carbocycles. The number of para-hydroxylation sites is 1. The largest absolute Gasteiger partial charge is 0.480 e. The average molecular weight is 294 g/mol. The number of aliphatic carboxylic acids is 1. The Morgan fingerprint density at radius 3 is 2.67 bits per heavy atom. The summed E-state index contributed by atoms with van der Waals surface area (Å²) >= 11 is 0. The van der Waals surface area contributed by atoms with Gasteiger partial charge in [0.2, 0.25) is 0 Å². The van der Waals surface area contributed by atoms with E-state index in [-0.39, 0.29) is 24.2 Å². The van der Waals surface area contributed by atoms with Crippen LogP contribution in [-0.4, -0.2) is 50.6 Å². The van der Waals surface area contributed by atoms with E-state index >= 15 is 0 Å². The summed E-state index contributed by atoms with van der Waals surface area (Å²) in [5, 5.41) is 29.8. The highest BCUT2D eigenvalue weighted by Crippen LogP contribution is 2.27. The number of nitro benzene ring substituents is 1. The SMILES string of the molecule is Cc1cccc(C(=O)N2C[C@@H](O)C[C@H]2C(=O)O)c1[N+](=O)[O-]. The van der Waals surface area contributed by atoms with Crippen molar-refractivity contribution in [2.24, 2.45) is 0 Å². The molecular formula is C13H14N2O6. The second kappa shape index (κ2) is 5.49. The first-order valence-corrected chi connectivity index (χ1v) is 6.28. The Labute approximate surface area is 119 Å². The maximum Gasteiger partial charge on any atom is 0.326 e. The van der Waals surface area contributed by atoms with E-state index in [0.717, 1.165) is 4.90 Å². The van der Waals surface area contributed by atoms with Gasteiger partial charge in [0.25, 0.3) is 11.6 Å². The summed E-state index contributed by atoms with van der Waals surface area (Å²) in [7, 11) is 0. The molecule has 2 N–H and O–H groups in total. The lowest BCUT2D eigenvalue weighted by molar-refractivity contribution is -0.385. The number of aliphatic hydroxyl groups is 1. The number of benzene rings is 1. The lowest BCUT2D eigenvalue weighted by Crippen LogP contribution is -2.40. The summed E-state index contributed by atoms with van der Waals surface area (Å²) in [6.07, 6.45) is -1.03. The van der Waals surface area contributed by atoms with Crippen LogP contribution in [0.4, 0.5) is 5.69 Å². The van der Waals surface area contributed by atoms with Crippen LogP contribution in [0.25, 0.3) is 0 Å². The Kier molecular flexibility index (Phi) is 3.90. The number of rotatable bonds is 3. The van der Waals surface area contributed by atoms with E-state index in [2.05, 4.69) is 0 Å². The van der Waals surface area contributed by atoms with E-state index in [4.69, 9.17) is 5.11 Å². The molecule has 2 atom stereocenters. The first-order chi connectivity index (χ1) is 9.82. The molecule has 8 nitrogen and oxygen atoms in total. The van der Waals surface area contributed by atoms with Gasteiger partial charge in [0.1, 0.15) is 11.6 Å². The zero-order chi connectivity index (χ0) is 15.7. The number of carboxylic acids is 1. The van der Waals surface area contributed by atoms with Gasteiger partial charge in [-0.3, -0.25) is 14.9 Å². The van der Waals surface area contributed by atoms with E-state index in [1.54, 1.807) is 0 Å². The highest BCUT2D eigenvalue weighted by molar-refractivity contribution is 6.00. The molecule has 1 aliphatic heterocycles. The monoisotopic (exact) mass is 294 g/mol. The van der Waals surface area contributed by atoms with Crippen molar-refractivity contribution in [2.75, 3.05) is 6.54 Å². The number of aliphatic hydroxyl groups excluding tert-OH is 1. The first kappa shape index (κ1) is 14.9. The van der Waals surface area contributed by atoms with Gasteiger partial charge in [-0.2, -0.15) is 0 Å². The molecule has 1 heterocycles. The van der Waals surface area contributed by atoms with E-state index < -0.39 is 28.9 Å². The lowest BCUT2D eigenvalue weighted by atomic mass is 10.1. The predicted octanol–water partition coefficient (Wildman–Crippen LogP) is 0.563. The number of nitrogens with zero attached hydrogens (tertiary/aromatic N) is 2. The van der Waals surface area contributed by atoms with Gasteiger partial charge < -0.3 is 15.1 Å². The summed E-state index contributed by atoms with van der Waals surface area (Å²) < 4.78 is 0. The molecule has 1 fully saturated rings. The number of nitro groups is 1. The fourth-order valence-electron chi connectivity index (χ4n) is 2.50. The number of carboxylic acid groups (broad SMARTS) is 1. The number of likely N-dealkylation sites (tertiary alicyclic amines) is 1. The fourth-order valence-corrected chi connectivity index (χ4v) is 2.50. The average Bonchev–Trinajstić information content (AvgIpc) is 2.79. The Morgan fingerprint density at radius 2 is 2.10 bits per heavy atom. The molecule has 1 saturated heterocycles. The van der Waals surface area contributed by atoms with E-state index in [0.29, 0.717) is 5.56 Å². The minimum absolute atomic E-state index is 0.0827. The van der Waals surface area contributed by atoms with Gasteiger partial charge in [0.05, 0.1) is 11.0 Å². The normalized spacial score (nSPS) is 21.3. The zero-order valence-electron chi connectivity index (χ0n) is 11.2. The summed E-state index contributed by atoms with van der Waals surface area (Å²) in [6, 6.07) is 3.12. The highest BCUT2D eigenvalue weighted by Gasteiger charge is 2.41. The maximum absolute atomic E-state index is 12.4. The van der Waals surface area contributed by atoms with Crippen LogP contribution in [-0.2, 0) is 4.79 Å². The van der Waals surface area contributed by atoms with E-state index in [9.17, 15) is 24.8 Å². The quantitative estimate of drug-likeness (QED) is 0.620.